The standard InChI is InChI=1S/C26H22ClN3O5S2/c27-16-8-6-15(7-9-16)19-20-21(24(33)30(23(20)32)17-4-2-1-3-5-17)36-25-22(19)37-26(34)29(25)14-18(31)28-10-12-35-13-11-28/h1-9,19-21H,10-14H2/t19-,20-,21+/m0/s1. The molecule has 0 unspecified atom stereocenters. The number of halogens is 1. The van der Waals surface area contributed by atoms with E-state index in [1.165, 1.54) is 21.2 Å². The van der Waals surface area contributed by atoms with Crippen molar-refractivity contribution in [2.24, 2.45) is 5.92 Å². The third kappa shape index (κ3) is 4.21. The molecule has 3 aliphatic heterocycles. The molecule has 1 aromatic heterocycles. The van der Waals surface area contributed by atoms with Gasteiger partial charge in [0.25, 0.3) is 0 Å². The predicted molar refractivity (Wildman–Crippen MR) is 141 cm³/mol. The Balaban J connectivity index is 1.44. The summed E-state index contributed by atoms with van der Waals surface area (Å²) in [6.45, 7) is 1.76. The number of para-hydroxylation sites is 1. The molecule has 0 spiro atoms. The summed E-state index contributed by atoms with van der Waals surface area (Å²) in [5.41, 5.74) is 1.32. The van der Waals surface area contributed by atoms with E-state index in [1.54, 1.807) is 41.3 Å². The summed E-state index contributed by atoms with van der Waals surface area (Å²) in [6.07, 6.45) is 0. The molecule has 3 aliphatic rings. The van der Waals surface area contributed by atoms with Crippen molar-refractivity contribution in [1.29, 1.82) is 0 Å². The number of fused-ring (bicyclic) bond motifs is 2. The van der Waals surface area contributed by atoms with E-state index >= 15 is 0 Å². The monoisotopic (exact) mass is 555 g/mol. The first-order valence-corrected chi connectivity index (χ1v) is 14.0. The summed E-state index contributed by atoms with van der Waals surface area (Å²) in [5.74, 6) is -1.98. The number of ether oxygens (including phenoxy) is 1. The molecule has 3 atom stereocenters. The summed E-state index contributed by atoms with van der Waals surface area (Å²) in [7, 11) is 0. The number of amides is 3. The van der Waals surface area contributed by atoms with Gasteiger partial charge >= 0.3 is 4.87 Å². The number of hydrogen-bond acceptors (Lipinski definition) is 7. The van der Waals surface area contributed by atoms with Crippen LogP contribution in [-0.2, 0) is 25.7 Å². The van der Waals surface area contributed by atoms with Gasteiger partial charge in [0.15, 0.2) is 0 Å². The van der Waals surface area contributed by atoms with Crippen LogP contribution >= 0.6 is 34.7 Å². The maximum absolute atomic E-state index is 13.8. The van der Waals surface area contributed by atoms with Crippen molar-refractivity contribution in [1.82, 2.24) is 9.47 Å². The van der Waals surface area contributed by atoms with Gasteiger partial charge in [-0.3, -0.25) is 23.7 Å². The minimum atomic E-state index is -0.723. The van der Waals surface area contributed by atoms with Gasteiger partial charge in [0, 0.05) is 28.9 Å². The molecule has 6 rings (SSSR count). The predicted octanol–water partition coefficient (Wildman–Crippen LogP) is 3.22. The maximum atomic E-state index is 13.8. The summed E-state index contributed by atoms with van der Waals surface area (Å²) < 4.78 is 6.80. The van der Waals surface area contributed by atoms with Crippen molar-refractivity contribution in [3.8, 4) is 0 Å². The highest BCUT2D eigenvalue weighted by atomic mass is 35.5. The van der Waals surface area contributed by atoms with Gasteiger partial charge < -0.3 is 9.64 Å². The number of imide groups is 1. The first kappa shape index (κ1) is 24.4. The first-order valence-electron chi connectivity index (χ1n) is 11.9. The van der Waals surface area contributed by atoms with Crippen molar-refractivity contribution in [3.05, 3.63) is 79.7 Å². The third-order valence-corrected chi connectivity index (χ3v) is 9.81. The third-order valence-electron chi connectivity index (χ3n) is 6.95. The number of nitrogens with zero attached hydrogens (tertiary/aromatic N) is 3. The Hall–Kier alpha value is -2.92. The van der Waals surface area contributed by atoms with Crippen LogP contribution in [0, 0.1) is 5.92 Å². The van der Waals surface area contributed by atoms with Gasteiger partial charge in [-0.05, 0) is 29.8 Å². The zero-order valence-corrected chi connectivity index (χ0v) is 21.9. The SMILES string of the molecule is O=C(Cn1c2c(sc1=O)[C@@H](c1ccc(Cl)cc1)[C@@H]1C(=O)N(c3ccccc3)C(=O)[C@@H]1S2)N1CCOCC1. The van der Waals surface area contributed by atoms with Gasteiger partial charge in [0.2, 0.25) is 17.7 Å². The highest BCUT2D eigenvalue weighted by molar-refractivity contribution is 8.00. The van der Waals surface area contributed by atoms with Gasteiger partial charge in [-0.25, -0.2) is 4.90 Å². The molecule has 8 nitrogen and oxygen atoms in total. The van der Waals surface area contributed by atoms with Crippen LogP contribution in [0.3, 0.4) is 0 Å². The van der Waals surface area contributed by atoms with Crippen LogP contribution < -0.4 is 9.77 Å². The highest BCUT2D eigenvalue weighted by Gasteiger charge is 2.56. The molecule has 11 heteroatoms. The normalized spacial score (nSPS) is 23.2. The number of morpholine rings is 1. The Morgan fingerprint density at radius 2 is 1.68 bits per heavy atom. The molecule has 0 saturated carbocycles. The van der Waals surface area contributed by atoms with Gasteiger partial charge in [-0.1, -0.05) is 65.0 Å². The Morgan fingerprint density at radius 3 is 2.38 bits per heavy atom. The lowest BCUT2D eigenvalue weighted by Crippen LogP contribution is -2.43. The molecular formula is C26H22ClN3O5S2. The molecule has 3 aromatic rings. The second-order valence-electron chi connectivity index (χ2n) is 9.06. The van der Waals surface area contributed by atoms with E-state index < -0.39 is 17.1 Å². The Kier molecular flexibility index (Phi) is 6.44. The van der Waals surface area contributed by atoms with Crippen LogP contribution in [0.5, 0.6) is 0 Å². The molecule has 2 aromatic carbocycles. The van der Waals surface area contributed by atoms with E-state index in [-0.39, 0.29) is 29.1 Å². The van der Waals surface area contributed by atoms with Crippen LogP contribution in [0.2, 0.25) is 5.02 Å². The summed E-state index contributed by atoms with van der Waals surface area (Å²) in [5, 5.41) is 0.404. The van der Waals surface area contributed by atoms with E-state index in [0.29, 0.717) is 46.9 Å². The summed E-state index contributed by atoms with van der Waals surface area (Å²) in [4.78, 5) is 57.1. The number of carbonyl (C=O) groups is 3. The van der Waals surface area contributed by atoms with Gasteiger partial charge in [0.05, 0.1) is 29.8 Å². The van der Waals surface area contributed by atoms with Crippen LogP contribution in [0.25, 0.3) is 0 Å². The summed E-state index contributed by atoms with van der Waals surface area (Å²) in [6, 6.07) is 16.0. The minimum Gasteiger partial charge on any atom is -0.378 e. The molecule has 37 heavy (non-hydrogen) atoms. The maximum Gasteiger partial charge on any atom is 0.308 e. The lowest BCUT2D eigenvalue weighted by Gasteiger charge is -2.31. The molecule has 3 amide bonds. The number of aromatic nitrogens is 1. The molecular weight excluding hydrogens is 534 g/mol. The second-order valence-corrected chi connectivity index (χ2v) is 11.6. The molecule has 0 bridgehead atoms. The van der Waals surface area contributed by atoms with Crippen molar-refractivity contribution in [3.63, 3.8) is 0 Å². The molecule has 2 saturated heterocycles. The minimum absolute atomic E-state index is 0.118. The average molecular weight is 556 g/mol. The van der Waals surface area contributed by atoms with E-state index in [2.05, 4.69) is 0 Å². The van der Waals surface area contributed by atoms with Gasteiger partial charge in [0.1, 0.15) is 11.8 Å². The quantitative estimate of drug-likeness (QED) is 0.459. The largest absolute Gasteiger partial charge is 0.378 e. The number of benzene rings is 2. The fourth-order valence-electron chi connectivity index (χ4n) is 5.16. The number of anilines is 1. The number of carbonyl (C=O) groups excluding carboxylic acids is 3. The van der Waals surface area contributed by atoms with Crippen LogP contribution in [0.4, 0.5) is 5.69 Å². The van der Waals surface area contributed by atoms with Gasteiger partial charge in [-0.15, -0.1) is 0 Å². The zero-order valence-electron chi connectivity index (χ0n) is 19.5. The van der Waals surface area contributed by atoms with E-state index in [9.17, 15) is 19.2 Å². The smallest absolute Gasteiger partial charge is 0.308 e. The van der Waals surface area contributed by atoms with Gasteiger partial charge in [-0.2, -0.15) is 0 Å². The number of hydrogen-bond donors (Lipinski definition) is 0. The van der Waals surface area contributed by atoms with E-state index in [0.717, 1.165) is 16.9 Å². The Labute approximate surface area is 225 Å². The lowest BCUT2D eigenvalue weighted by molar-refractivity contribution is -0.136. The Bertz CT molecular complexity index is 1430. The summed E-state index contributed by atoms with van der Waals surface area (Å²) >= 11 is 8.39. The molecule has 190 valence electrons. The molecule has 4 heterocycles. The number of thioether (sulfide) groups is 1. The fraction of sp³-hybridized carbons (Fsp3) is 0.308. The fourth-order valence-corrected chi connectivity index (χ4v) is 8.06. The lowest BCUT2D eigenvalue weighted by atomic mass is 9.83. The van der Waals surface area contributed by atoms with E-state index in [4.69, 9.17) is 16.3 Å². The van der Waals surface area contributed by atoms with Crippen molar-refractivity contribution >= 4 is 58.1 Å². The molecule has 0 N–H and O–H groups in total. The second kappa shape index (κ2) is 9.75. The van der Waals surface area contributed by atoms with Crippen molar-refractivity contribution < 1.29 is 19.1 Å². The van der Waals surface area contributed by atoms with Crippen LogP contribution in [-0.4, -0.2) is 58.7 Å². The van der Waals surface area contributed by atoms with E-state index in [1.807, 2.05) is 18.2 Å². The number of thiazole rings is 1. The van der Waals surface area contributed by atoms with Crippen molar-refractivity contribution in [2.75, 3.05) is 31.2 Å². The average Bonchev–Trinajstić information content (AvgIpc) is 3.36. The van der Waals surface area contributed by atoms with Crippen LogP contribution in [0.15, 0.2) is 64.4 Å². The first-order chi connectivity index (χ1) is 17.9. The highest BCUT2D eigenvalue weighted by Crippen LogP contribution is 2.53. The molecule has 0 radical (unpaired) electrons. The van der Waals surface area contributed by atoms with Crippen LogP contribution in [0.1, 0.15) is 16.4 Å². The zero-order chi connectivity index (χ0) is 25.7. The van der Waals surface area contributed by atoms with Crippen molar-refractivity contribution in [2.45, 2.75) is 22.7 Å². The number of rotatable bonds is 4. The molecule has 0 aliphatic carbocycles. The molecule has 2 fully saturated rings. The topological polar surface area (TPSA) is 88.9 Å². The Morgan fingerprint density at radius 1 is 0.973 bits per heavy atom.